The Labute approximate surface area is 86.4 Å². The zero-order chi connectivity index (χ0) is 10.6. The molecule has 0 aromatic heterocycles. The number of amides is 1. The average Bonchev–Trinajstić information content (AvgIpc) is 2.15. The molecule has 0 saturated carbocycles. The number of rotatable bonds is 4. The molecule has 14 heavy (non-hydrogen) atoms. The average molecular weight is 198 g/mol. The number of carbonyl (C=O) groups excluding carboxylic acids is 1. The van der Waals surface area contributed by atoms with Crippen LogP contribution in [0.1, 0.15) is 39.5 Å². The molecule has 1 saturated heterocycles. The van der Waals surface area contributed by atoms with Gasteiger partial charge in [-0.1, -0.05) is 13.8 Å². The van der Waals surface area contributed by atoms with Crippen molar-refractivity contribution >= 4 is 5.91 Å². The number of hydrogen-bond donors (Lipinski definition) is 2. The molecule has 2 unspecified atom stereocenters. The molecular weight excluding hydrogens is 176 g/mol. The van der Waals surface area contributed by atoms with Crippen LogP contribution in [0.2, 0.25) is 0 Å². The van der Waals surface area contributed by atoms with Gasteiger partial charge in [-0.2, -0.15) is 0 Å². The van der Waals surface area contributed by atoms with Crippen LogP contribution < -0.4 is 11.1 Å². The first-order valence-electron chi connectivity index (χ1n) is 5.64. The van der Waals surface area contributed by atoms with Gasteiger partial charge in [-0.05, 0) is 38.1 Å². The highest BCUT2D eigenvalue weighted by Gasteiger charge is 2.28. The molecule has 1 rings (SSSR count). The quantitative estimate of drug-likeness (QED) is 0.715. The predicted octanol–water partition coefficient (Wildman–Crippen LogP) is 1.28. The second kappa shape index (κ2) is 5.35. The summed E-state index contributed by atoms with van der Waals surface area (Å²) in [6, 6.07) is 0.323. The van der Waals surface area contributed by atoms with Crippen molar-refractivity contribution in [2.45, 2.75) is 45.6 Å². The molecule has 82 valence electrons. The van der Waals surface area contributed by atoms with E-state index < -0.39 is 0 Å². The molecule has 1 heterocycles. The van der Waals surface area contributed by atoms with E-state index in [0.717, 1.165) is 25.8 Å². The summed E-state index contributed by atoms with van der Waals surface area (Å²) < 4.78 is 0. The van der Waals surface area contributed by atoms with E-state index in [1.165, 1.54) is 6.42 Å². The molecule has 0 spiro atoms. The Bertz CT molecular complexity index is 192. The van der Waals surface area contributed by atoms with Crippen LogP contribution in [-0.2, 0) is 4.79 Å². The van der Waals surface area contributed by atoms with Crippen LogP contribution in [0.15, 0.2) is 0 Å². The third kappa shape index (κ3) is 3.29. The van der Waals surface area contributed by atoms with Gasteiger partial charge >= 0.3 is 0 Å². The van der Waals surface area contributed by atoms with Crippen LogP contribution in [0.25, 0.3) is 0 Å². The second-order valence-corrected chi connectivity index (χ2v) is 4.68. The van der Waals surface area contributed by atoms with Crippen LogP contribution in [0.5, 0.6) is 0 Å². The third-order valence-electron chi connectivity index (χ3n) is 3.00. The van der Waals surface area contributed by atoms with Crippen LogP contribution in [0.4, 0.5) is 0 Å². The standard InChI is InChI=1S/C11H22N2O/c1-8(2)5-6-10-9(11(12)14)4-3-7-13-10/h8-10,13H,3-7H2,1-2H3,(H2,12,14). The molecule has 2 atom stereocenters. The van der Waals surface area contributed by atoms with Crippen molar-refractivity contribution in [3.63, 3.8) is 0 Å². The molecule has 1 amide bonds. The first-order chi connectivity index (χ1) is 6.61. The van der Waals surface area contributed by atoms with E-state index in [9.17, 15) is 4.79 Å². The zero-order valence-corrected chi connectivity index (χ0v) is 9.25. The largest absolute Gasteiger partial charge is 0.369 e. The fraction of sp³-hybridized carbons (Fsp3) is 0.909. The van der Waals surface area contributed by atoms with E-state index >= 15 is 0 Å². The van der Waals surface area contributed by atoms with Crippen molar-refractivity contribution in [2.75, 3.05) is 6.54 Å². The molecule has 0 radical (unpaired) electrons. The Morgan fingerprint density at radius 1 is 1.57 bits per heavy atom. The van der Waals surface area contributed by atoms with Gasteiger partial charge in [0, 0.05) is 6.04 Å². The minimum Gasteiger partial charge on any atom is -0.369 e. The van der Waals surface area contributed by atoms with Crippen molar-refractivity contribution in [1.29, 1.82) is 0 Å². The van der Waals surface area contributed by atoms with Crippen LogP contribution >= 0.6 is 0 Å². The summed E-state index contributed by atoms with van der Waals surface area (Å²) >= 11 is 0. The first kappa shape index (κ1) is 11.5. The fourth-order valence-corrected chi connectivity index (χ4v) is 2.11. The summed E-state index contributed by atoms with van der Waals surface area (Å²) in [5, 5.41) is 3.41. The van der Waals surface area contributed by atoms with Crippen molar-refractivity contribution < 1.29 is 4.79 Å². The Balaban J connectivity index is 2.42. The minimum absolute atomic E-state index is 0.0579. The molecule has 0 aliphatic carbocycles. The van der Waals surface area contributed by atoms with E-state index in [1.54, 1.807) is 0 Å². The van der Waals surface area contributed by atoms with Crippen molar-refractivity contribution in [1.82, 2.24) is 5.32 Å². The monoisotopic (exact) mass is 198 g/mol. The molecule has 0 aromatic carbocycles. The molecule has 1 fully saturated rings. The van der Waals surface area contributed by atoms with Crippen molar-refractivity contribution in [3.05, 3.63) is 0 Å². The van der Waals surface area contributed by atoms with Gasteiger partial charge in [0.1, 0.15) is 0 Å². The van der Waals surface area contributed by atoms with E-state index in [4.69, 9.17) is 5.73 Å². The normalized spacial score (nSPS) is 27.9. The molecule has 3 nitrogen and oxygen atoms in total. The number of nitrogens with two attached hydrogens (primary N) is 1. The van der Waals surface area contributed by atoms with Crippen LogP contribution in [0, 0.1) is 11.8 Å². The first-order valence-corrected chi connectivity index (χ1v) is 5.64. The zero-order valence-electron chi connectivity index (χ0n) is 9.25. The number of carbonyl (C=O) groups is 1. The van der Waals surface area contributed by atoms with E-state index in [0.29, 0.717) is 12.0 Å². The highest BCUT2D eigenvalue weighted by atomic mass is 16.1. The summed E-state index contributed by atoms with van der Waals surface area (Å²) in [5.41, 5.74) is 5.39. The number of piperidine rings is 1. The molecule has 1 aliphatic heterocycles. The lowest BCUT2D eigenvalue weighted by atomic mass is 9.86. The predicted molar refractivity (Wildman–Crippen MR) is 57.8 cm³/mol. The summed E-state index contributed by atoms with van der Waals surface area (Å²) in [5.74, 6) is 0.626. The Kier molecular flexibility index (Phi) is 4.39. The van der Waals surface area contributed by atoms with E-state index in [2.05, 4.69) is 19.2 Å². The molecule has 3 heteroatoms. The van der Waals surface area contributed by atoms with Gasteiger partial charge < -0.3 is 11.1 Å². The van der Waals surface area contributed by atoms with E-state index in [1.807, 2.05) is 0 Å². The summed E-state index contributed by atoms with van der Waals surface area (Å²) in [6.45, 7) is 5.46. The maximum absolute atomic E-state index is 11.2. The van der Waals surface area contributed by atoms with Crippen molar-refractivity contribution in [2.24, 2.45) is 17.6 Å². The van der Waals surface area contributed by atoms with Gasteiger partial charge in [-0.25, -0.2) is 0 Å². The van der Waals surface area contributed by atoms with Gasteiger partial charge in [0.15, 0.2) is 0 Å². The molecule has 3 N–H and O–H groups in total. The molecule has 1 aliphatic rings. The van der Waals surface area contributed by atoms with Gasteiger partial charge in [0.25, 0.3) is 0 Å². The topological polar surface area (TPSA) is 55.1 Å². The second-order valence-electron chi connectivity index (χ2n) is 4.68. The lowest BCUT2D eigenvalue weighted by Gasteiger charge is -2.31. The Morgan fingerprint density at radius 2 is 2.29 bits per heavy atom. The lowest BCUT2D eigenvalue weighted by Crippen LogP contribution is -2.47. The summed E-state index contributed by atoms with van der Waals surface area (Å²) in [4.78, 5) is 11.2. The smallest absolute Gasteiger partial charge is 0.222 e. The minimum atomic E-state index is -0.133. The maximum Gasteiger partial charge on any atom is 0.222 e. The van der Waals surface area contributed by atoms with Gasteiger partial charge in [0.05, 0.1) is 5.92 Å². The summed E-state index contributed by atoms with van der Waals surface area (Å²) in [6.07, 6.45) is 4.28. The maximum atomic E-state index is 11.2. The SMILES string of the molecule is CC(C)CCC1NCCCC1C(N)=O. The van der Waals surface area contributed by atoms with Gasteiger partial charge in [-0.15, -0.1) is 0 Å². The number of nitrogens with one attached hydrogen (secondary N) is 1. The summed E-state index contributed by atoms with van der Waals surface area (Å²) in [7, 11) is 0. The number of hydrogen-bond acceptors (Lipinski definition) is 2. The highest BCUT2D eigenvalue weighted by molar-refractivity contribution is 5.77. The third-order valence-corrected chi connectivity index (χ3v) is 3.00. The van der Waals surface area contributed by atoms with Gasteiger partial charge in [-0.3, -0.25) is 4.79 Å². The Hall–Kier alpha value is -0.570. The highest BCUT2D eigenvalue weighted by Crippen LogP contribution is 2.21. The molecule has 0 bridgehead atoms. The van der Waals surface area contributed by atoms with Crippen molar-refractivity contribution in [3.8, 4) is 0 Å². The number of primary amides is 1. The van der Waals surface area contributed by atoms with Crippen LogP contribution in [0.3, 0.4) is 0 Å². The lowest BCUT2D eigenvalue weighted by molar-refractivity contribution is -0.123. The molecular formula is C11H22N2O. The van der Waals surface area contributed by atoms with Crippen LogP contribution in [-0.4, -0.2) is 18.5 Å². The Morgan fingerprint density at radius 3 is 2.86 bits per heavy atom. The van der Waals surface area contributed by atoms with E-state index in [-0.39, 0.29) is 11.8 Å². The fourth-order valence-electron chi connectivity index (χ4n) is 2.11. The molecule has 0 aromatic rings. The van der Waals surface area contributed by atoms with Gasteiger partial charge in [0.2, 0.25) is 5.91 Å².